The second-order valence-electron chi connectivity index (χ2n) is 5.39. The van der Waals surface area contributed by atoms with Gasteiger partial charge in [0.05, 0.1) is 0 Å². The van der Waals surface area contributed by atoms with Crippen molar-refractivity contribution in [1.82, 2.24) is 15.0 Å². The fourth-order valence-corrected chi connectivity index (χ4v) is 2.20. The highest BCUT2D eigenvalue weighted by molar-refractivity contribution is 5.95. The molecule has 0 bridgehead atoms. The first kappa shape index (κ1) is 18.4. The first-order valence-electron chi connectivity index (χ1n) is 8.08. The number of carbonyl (C=O) groups excluding carboxylic acids is 1. The minimum Gasteiger partial charge on any atom is -0.485 e. The van der Waals surface area contributed by atoms with Crippen molar-refractivity contribution in [1.29, 1.82) is 0 Å². The van der Waals surface area contributed by atoms with Crippen LogP contribution in [-0.2, 0) is 17.8 Å². The maximum Gasteiger partial charge on any atom is 0.323 e. The summed E-state index contributed by atoms with van der Waals surface area (Å²) < 4.78 is 10.5. The molecule has 8 heteroatoms. The third-order valence-corrected chi connectivity index (χ3v) is 3.39. The molecule has 0 saturated heterocycles. The topological polar surface area (TPSA) is 106 Å². The van der Waals surface area contributed by atoms with E-state index in [1.54, 1.807) is 24.3 Å². The maximum absolute atomic E-state index is 12.4. The average Bonchev–Trinajstić information content (AvgIpc) is 3.07. The second-order valence-corrected chi connectivity index (χ2v) is 5.39. The van der Waals surface area contributed by atoms with Crippen LogP contribution in [-0.4, -0.2) is 45.1 Å². The van der Waals surface area contributed by atoms with Crippen molar-refractivity contribution in [3.05, 3.63) is 41.5 Å². The molecule has 1 aromatic heterocycles. The Morgan fingerprint density at radius 1 is 1.24 bits per heavy atom. The van der Waals surface area contributed by atoms with Gasteiger partial charge in [0.1, 0.15) is 12.3 Å². The number of ether oxygens (including phenoxy) is 1. The number of hydrogen-bond donors (Lipinski definition) is 1. The van der Waals surface area contributed by atoms with E-state index in [1.165, 1.54) is 4.90 Å². The molecule has 2 aromatic rings. The van der Waals surface area contributed by atoms with Crippen LogP contribution >= 0.6 is 0 Å². The predicted octanol–water partition coefficient (Wildman–Crippen LogP) is 2.15. The molecular weight excluding hydrogens is 326 g/mol. The Kier molecular flexibility index (Phi) is 6.50. The summed E-state index contributed by atoms with van der Waals surface area (Å²) in [6.07, 6.45) is 1.35. The van der Waals surface area contributed by atoms with Crippen LogP contribution < -0.4 is 4.74 Å². The van der Waals surface area contributed by atoms with E-state index in [-0.39, 0.29) is 19.1 Å². The zero-order valence-corrected chi connectivity index (χ0v) is 14.3. The molecule has 1 amide bonds. The molecule has 2 rings (SSSR count). The summed E-state index contributed by atoms with van der Waals surface area (Å²) in [5, 5.41) is 12.7. The molecule has 0 spiro atoms. The van der Waals surface area contributed by atoms with Gasteiger partial charge in [0.25, 0.3) is 5.91 Å². The summed E-state index contributed by atoms with van der Waals surface area (Å²) in [6.45, 7) is 4.04. The second kappa shape index (κ2) is 8.81. The van der Waals surface area contributed by atoms with E-state index in [4.69, 9.17) is 14.4 Å². The largest absolute Gasteiger partial charge is 0.485 e. The number of aromatic nitrogens is 2. The van der Waals surface area contributed by atoms with Crippen molar-refractivity contribution in [2.45, 2.75) is 33.3 Å². The van der Waals surface area contributed by atoms with Crippen molar-refractivity contribution >= 4 is 11.9 Å². The van der Waals surface area contributed by atoms with Gasteiger partial charge >= 0.3 is 5.97 Å². The zero-order valence-electron chi connectivity index (χ0n) is 14.3. The van der Waals surface area contributed by atoms with E-state index in [0.717, 1.165) is 0 Å². The van der Waals surface area contributed by atoms with Crippen molar-refractivity contribution in [2.24, 2.45) is 0 Å². The molecule has 0 radical (unpaired) electrons. The predicted molar refractivity (Wildman–Crippen MR) is 88.3 cm³/mol. The van der Waals surface area contributed by atoms with E-state index in [0.29, 0.717) is 42.4 Å². The smallest absolute Gasteiger partial charge is 0.323 e. The molecule has 8 nitrogen and oxygen atoms in total. The molecule has 0 aliphatic heterocycles. The number of amides is 1. The normalized spacial score (nSPS) is 10.5. The van der Waals surface area contributed by atoms with Crippen LogP contribution in [0.1, 0.15) is 42.3 Å². The van der Waals surface area contributed by atoms with Gasteiger partial charge in [-0.3, -0.25) is 9.59 Å². The summed E-state index contributed by atoms with van der Waals surface area (Å²) in [5.74, 6) is 0.205. The number of rotatable bonds is 9. The summed E-state index contributed by atoms with van der Waals surface area (Å²) >= 11 is 0. The Morgan fingerprint density at radius 3 is 2.52 bits per heavy atom. The number of nitrogens with zero attached hydrogens (tertiary/aromatic N) is 3. The van der Waals surface area contributed by atoms with Gasteiger partial charge in [-0.25, -0.2) is 0 Å². The zero-order chi connectivity index (χ0) is 18.2. The van der Waals surface area contributed by atoms with Crippen molar-refractivity contribution in [3.63, 3.8) is 0 Å². The lowest BCUT2D eigenvalue weighted by molar-refractivity contribution is -0.137. The van der Waals surface area contributed by atoms with Crippen molar-refractivity contribution in [3.8, 4) is 5.75 Å². The SMILES string of the molecule is CCCN(CC(=O)O)C(=O)c1ccc(OCc2noc(CC)n2)cc1. The fraction of sp³-hybridized carbons (Fsp3) is 0.412. The van der Waals surface area contributed by atoms with Crippen LogP contribution in [0.2, 0.25) is 0 Å². The number of carbonyl (C=O) groups is 2. The van der Waals surface area contributed by atoms with Crippen LogP contribution in [0.25, 0.3) is 0 Å². The van der Waals surface area contributed by atoms with Crippen LogP contribution in [0.4, 0.5) is 0 Å². The number of carboxylic acid groups (broad SMARTS) is 1. The Hall–Kier alpha value is -2.90. The summed E-state index contributed by atoms with van der Waals surface area (Å²) in [6, 6.07) is 6.52. The van der Waals surface area contributed by atoms with E-state index in [1.807, 2.05) is 13.8 Å². The first-order chi connectivity index (χ1) is 12.0. The maximum atomic E-state index is 12.4. The van der Waals surface area contributed by atoms with Gasteiger partial charge in [0.15, 0.2) is 6.61 Å². The molecule has 0 atom stereocenters. The number of hydrogen-bond acceptors (Lipinski definition) is 6. The summed E-state index contributed by atoms with van der Waals surface area (Å²) in [5.41, 5.74) is 0.412. The number of aliphatic carboxylic acids is 1. The van der Waals surface area contributed by atoms with Gasteiger partial charge < -0.3 is 19.3 Å². The van der Waals surface area contributed by atoms with Crippen molar-refractivity contribution < 1.29 is 24.0 Å². The Bertz CT molecular complexity index is 711. The summed E-state index contributed by atoms with van der Waals surface area (Å²) in [4.78, 5) is 28.7. The number of carboxylic acids is 1. The third-order valence-electron chi connectivity index (χ3n) is 3.39. The van der Waals surface area contributed by atoms with E-state index in [9.17, 15) is 9.59 Å². The minimum absolute atomic E-state index is 0.164. The quantitative estimate of drug-likeness (QED) is 0.741. The van der Waals surface area contributed by atoms with E-state index in [2.05, 4.69) is 10.1 Å². The Morgan fingerprint density at radius 2 is 1.96 bits per heavy atom. The van der Waals surface area contributed by atoms with Gasteiger partial charge in [-0.2, -0.15) is 4.98 Å². The van der Waals surface area contributed by atoms with Crippen LogP contribution in [0.5, 0.6) is 5.75 Å². The van der Waals surface area contributed by atoms with Crippen LogP contribution in [0.3, 0.4) is 0 Å². The molecule has 0 aliphatic carbocycles. The molecule has 25 heavy (non-hydrogen) atoms. The standard InChI is InChI=1S/C17H21N3O5/c1-3-9-20(10-16(21)22)17(23)12-5-7-13(8-6-12)24-11-14-18-15(4-2)25-19-14/h5-8H,3-4,9-11H2,1-2H3,(H,21,22). The Labute approximate surface area is 145 Å². The first-order valence-corrected chi connectivity index (χ1v) is 8.08. The highest BCUT2D eigenvalue weighted by Crippen LogP contribution is 2.15. The van der Waals surface area contributed by atoms with E-state index < -0.39 is 5.97 Å². The lowest BCUT2D eigenvalue weighted by Crippen LogP contribution is -2.36. The van der Waals surface area contributed by atoms with Gasteiger partial charge in [0, 0.05) is 18.5 Å². The molecule has 0 saturated carbocycles. The van der Waals surface area contributed by atoms with Gasteiger partial charge in [-0.15, -0.1) is 0 Å². The molecule has 134 valence electrons. The molecule has 0 unspecified atom stereocenters. The van der Waals surface area contributed by atoms with Gasteiger partial charge in [-0.05, 0) is 30.7 Å². The van der Waals surface area contributed by atoms with E-state index >= 15 is 0 Å². The highest BCUT2D eigenvalue weighted by atomic mass is 16.5. The minimum atomic E-state index is -1.03. The highest BCUT2D eigenvalue weighted by Gasteiger charge is 2.17. The van der Waals surface area contributed by atoms with Gasteiger partial charge in [0.2, 0.25) is 11.7 Å². The lowest BCUT2D eigenvalue weighted by Gasteiger charge is -2.20. The summed E-state index contributed by atoms with van der Waals surface area (Å²) in [7, 11) is 0. The molecular formula is C17H21N3O5. The van der Waals surface area contributed by atoms with Crippen LogP contribution in [0, 0.1) is 0 Å². The Balaban J connectivity index is 1.97. The monoisotopic (exact) mass is 347 g/mol. The number of benzene rings is 1. The van der Waals surface area contributed by atoms with Gasteiger partial charge in [-0.1, -0.05) is 19.0 Å². The molecule has 0 aliphatic rings. The number of aryl methyl sites for hydroxylation is 1. The third kappa shape index (κ3) is 5.30. The fourth-order valence-electron chi connectivity index (χ4n) is 2.20. The molecule has 1 N–H and O–H groups in total. The van der Waals surface area contributed by atoms with Crippen molar-refractivity contribution in [2.75, 3.05) is 13.1 Å². The van der Waals surface area contributed by atoms with Crippen LogP contribution in [0.15, 0.2) is 28.8 Å². The molecule has 0 fully saturated rings. The molecule has 1 heterocycles. The molecule has 1 aromatic carbocycles. The average molecular weight is 347 g/mol. The lowest BCUT2D eigenvalue weighted by atomic mass is 10.2.